The highest BCUT2D eigenvalue weighted by Gasteiger charge is 2.43. The molecule has 1 amide bonds. The number of nitrogens with zero attached hydrogens (tertiary/aromatic N) is 2. The predicted octanol–water partition coefficient (Wildman–Crippen LogP) is 1.32. The monoisotopic (exact) mass is 267 g/mol. The Kier molecular flexibility index (Phi) is 4.85. The molecule has 110 valence electrons. The van der Waals surface area contributed by atoms with E-state index in [2.05, 4.69) is 36.1 Å². The van der Waals surface area contributed by atoms with E-state index in [1.54, 1.807) is 0 Å². The zero-order valence-electron chi connectivity index (χ0n) is 12.7. The molecule has 0 spiro atoms. The SMILES string of the molecule is CCC1(C(=O)N2CCCC2CN(C)C)CCCNC1. The van der Waals surface area contributed by atoms with E-state index in [4.69, 9.17) is 0 Å². The van der Waals surface area contributed by atoms with Crippen LogP contribution in [0.1, 0.15) is 39.0 Å². The number of carbonyl (C=O) groups excluding carboxylic acids is 1. The molecule has 19 heavy (non-hydrogen) atoms. The quantitative estimate of drug-likeness (QED) is 0.834. The molecule has 2 heterocycles. The van der Waals surface area contributed by atoms with Gasteiger partial charge in [0.15, 0.2) is 0 Å². The van der Waals surface area contributed by atoms with E-state index in [0.717, 1.165) is 58.3 Å². The summed E-state index contributed by atoms with van der Waals surface area (Å²) in [7, 11) is 4.19. The lowest BCUT2D eigenvalue weighted by Crippen LogP contribution is -2.54. The highest BCUT2D eigenvalue weighted by Crippen LogP contribution is 2.34. The van der Waals surface area contributed by atoms with E-state index in [1.165, 1.54) is 0 Å². The van der Waals surface area contributed by atoms with Crippen LogP contribution in [-0.2, 0) is 4.79 Å². The Morgan fingerprint density at radius 1 is 1.42 bits per heavy atom. The van der Waals surface area contributed by atoms with Crippen LogP contribution in [0, 0.1) is 5.41 Å². The summed E-state index contributed by atoms with van der Waals surface area (Å²) in [5.41, 5.74) is -0.132. The molecule has 2 aliphatic rings. The molecule has 2 rings (SSSR count). The molecule has 2 unspecified atom stereocenters. The number of likely N-dealkylation sites (tertiary alicyclic amines) is 1. The summed E-state index contributed by atoms with van der Waals surface area (Å²) in [4.78, 5) is 17.4. The van der Waals surface area contributed by atoms with Gasteiger partial charge in [0.05, 0.1) is 5.41 Å². The van der Waals surface area contributed by atoms with E-state index in [-0.39, 0.29) is 5.41 Å². The fourth-order valence-electron chi connectivity index (χ4n) is 3.62. The van der Waals surface area contributed by atoms with Crippen LogP contribution in [0.5, 0.6) is 0 Å². The maximum Gasteiger partial charge on any atom is 0.230 e. The van der Waals surface area contributed by atoms with Gasteiger partial charge in [-0.2, -0.15) is 0 Å². The number of nitrogens with one attached hydrogen (secondary N) is 1. The molecule has 2 aliphatic heterocycles. The van der Waals surface area contributed by atoms with Crippen LogP contribution in [0.4, 0.5) is 0 Å². The molecule has 0 aromatic heterocycles. The summed E-state index contributed by atoms with van der Waals surface area (Å²) in [6.07, 6.45) is 5.48. The first-order chi connectivity index (χ1) is 9.09. The lowest BCUT2D eigenvalue weighted by Gasteiger charge is -2.40. The van der Waals surface area contributed by atoms with E-state index >= 15 is 0 Å². The lowest BCUT2D eigenvalue weighted by molar-refractivity contribution is -0.144. The van der Waals surface area contributed by atoms with Crippen molar-refractivity contribution in [3.8, 4) is 0 Å². The van der Waals surface area contributed by atoms with Gasteiger partial charge in [-0.25, -0.2) is 0 Å². The molecule has 4 heteroatoms. The van der Waals surface area contributed by atoms with Gasteiger partial charge in [0.1, 0.15) is 0 Å². The van der Waals surface area contributed by atoms with Crippen LogP contribution >= 0.6 is 0 Å². The Hall–Kier alpha value is -0.610. The first kappa shape index (κ1) is 14.8. The minimum absolute atomic E-state index is 0.132. The van der Waals surface area contributed by atoms with E-state index in [0.29, 0.717) is 11.9 Å². The molecule has 2 fully saturated rings. The van der Waals surface area contributed by atoms with Crippen molar-refractivity contribution >= 4 is 5.91 Å². The Bertz CT molecular complexity index is 311. The molecule has 2 saturated heterocycles. The Morgan fingerprint density at radius 3 is 2.79 bits per heavy atom. The molecular weight excluding hydrogens is 238 g/mol. The van der Waals surface area contributed by atoms with Crippen molar-refractivity contribution in [1.82, 2.24) is 15.1 Å². The van der Waals surface area contributed by atoms with Gasteiger partial charge < -0.3 is 15.1 Å². The second-order valence-electron chi connectivity index (χ2n) is 6.47. The molecular formula is C15H29N3O. The van der Waals surface area contributed by atoms with Crippen LogP contribution in [-0.4, -0.2) is 62.0 Å². The third-order valence-corrected chi connectivity index (χ3v) is 4.82. The number of rotatable bonds is 4. The summed E-state index contributed by atoms with van der Waals surface area (Å²) in [5, 5.41) is 3.43. The van der Waals surface area contributed by atoms with Gasteiger partial charge in [0.2, 0.25) is 5.91 Å². The molecule has 0 saturated carbocycles. The zero-order valence-corrected chi connectivity index (χ0v) is 12.7. The van der Waals surface area contributed by atoms with Crippen molar-refractivity contribution in [2.45, 2.75) is 45.1 Å². The van der Waals surface area contributed by atoms with E-state index in [1.807, 2.05) is 0 Å². The van der Waals surface area contributed by atoms with Crippen molar-refractivity contribution in [3.63, 3.8) is 0 Å². The smallest absolute Gasteiger partial charge is 0.230 e. The second kappa shape index (κ2) is 6.23. The molecule has 1 N–H and O–H groups in total. The van der Waals surface area contributed by atoms with Gasteiger partial charge in [-0.1, -0.05) is 6.92 Å². The molecule has 4 nitrogen and oxygen atoms in total. The Morgan fingerprint density at radius 2 is 2.21 bits per heavy atom. The van der Waals surface area contributed by atoms with Crippen LogP contribution in [0.2, 0.25) is 0 Å². The molecule has 0 aromatic carbocycles. The molecule has 0 radical (unpaired) electrons. The second-order valence-corrected chi connectivity index (χ2v) is 6.47. The largest absolute Gasteiger partial charge is 0.338 e. The minimum Gasteiger partial charge on any atom is -0.338 e. The number of hydrogen-bond acceptors (Lipinski definition) is 3. The van der Waals surface area contributed by atoms with Gasteiger partial charge in [-0.3, -0.25) is 4.79 Å². The summed E-state index contributed by atoms with van der Waals surface area (Å²) in [6, 6.07) is 0.424. The maximum atomic E-state index is 13.0. The van der Waals surface area contributed by atoms with Crippen molar-refractivity contribution in [2.24, 2.45) is 5.41 Å². The van der Waals surface area contributed by atoms with Crippen molar-refractivity contribution in [1.29, 1.82) is 0 Å². The van der Waals surface area contributed by atoms with E-state index in [9.17, 15) is 4.79 Å². The average Bonchev–Trinajstić information content (AvgIpc) is 2.85. The Labute approximate surface area is 117 Å². The zero-order chi connectivity index (χ0) is 13.9. The normalized spacial score (nSPS) is 32.0. The predicted molar refractivity (Wildman–Crippen MR) is 78.1 cm³/mol. The van der Waals surface area contributed by atoms with Gasteiger partial charge in [-0.15, -0.1) is 0 Å². The van der Waals surface area contributed by atoms with Crippen LogP contribution in [0.15, 0.2) is 0 Å². The third-order valence-electron chi connectivity index (χ3n) is 4.82. The summed E-state index contributed by atoms with van der Waals surface area (Å²) in [5.74, 6) is 0.409. The van der Waals surface area contributed by atoms with Crippen LogP contribution in [0.25, 0.3) is 0 Å². The van der Waals surface area contributed by atoms with Gasteiger partial charge in [-0.05, 0) is 52.7 Å². The number of hydrogen-bond donors (Lipinski definition) is 1. The minimum atomic E-state index is -0.132. The molecule has 0 aliphatic carbocycles. The standard InChI is InChI=1S/C15H29N3O/c1-4-15(8-6-9-16-12-15)14(19)18-10-5-7-13(18)11-17(2)3/h13,16H,4-12H2,1-3H3. The Balaban J connectivity index is 2.08. The van der Waals surface area contributed by atoms with Crippen molar-refractivity contribution < 1.29 is 4.79 Å². The van der Waals surface area contributed by atoms with Crippen LogP contribution in [0.3, 0.4) is 0 Å². The highest BCUT2D eigenvalue weighted by atomic mass is 16.2. The summed E-state index contributed by atoms with van der Waals surface area (Å²) < 4.78 is 0. The summed E-state index contributed by atoms with van der Waals surface area (Å²) >= 11 is 0. The maximum absolute atomic E-state index is 13.0. The fourth-order valence-corrected chi connectivity index (χ4v) is 3.62. The third kappa shape index (κ3) is 3.11. The van der Waals surface area contributed by atoms with Crippen molar-refractivity contribution in [2.75, 3.05) is 40.3 Å². The number of carbonyl (C=O) groups is 1. The number of likely N-dealkylation sites (N-methyl/N-ethyl adjacent to an activating group) is 1. The van der Waals surface area contributed by atoms with Gasteiger partial charge in [0.25, 0.3) is 0 Å². The van der Waals surface area contributed by atoms with E-state index < -0.39 is 0 Å². The fraction of sp³-hybridized carbons (Fsp3) is 0.933. The first-order valence-electron chi connectivity index (χ1n) is 7.75. The van der Waals surface area contributed by atoms with Gasteiger partial charge in [0, 0.05) is 25.7 Å². The number of piperidine rings is 1. The lowest BCUT2D eigenvalue weighted by atomic mass is 9.77. The van der Waals surface area contributed by atoms with Crippen molar-refractivity contribution in [3.05, 3.63) is 0 Å². The molecule has 2 atom stereocenters. The average molecular weight is 267 g/mol. The first-order valence-corrected chi connectivity index (χ1v) is 7.75. The molecule has 0 aromatic rings. The summed E-state index contributed by atoms with van der Waals surface area (Å²) in [6.45, 7) is 6.06. The highest BCUT2D eigenvalue weighted by molar-refractivity contribution is 5.83. The van der Waals surface area contributed by atoms with Gasteiger partial charge >= 0.3 is 0 Å². The van der Waals surface area contributed by atoms with Crippen LogP contribution < -0.4 is 5.32 Å². The topological polar surface area (TPSA) is 35.6 Å². The number of amides is 1. The molecule has 0 bridgehead atoms.